The highest BCUT2D eigenvalue weighted by atomic mass is 16.5. The van der Waals surface area contributed by atoms with Crippen LogP contribution in [0, 0.1) is 0 Å². The first kappa shape index (κ1) is 17.2. The van der Waals surface area contributed by atoms with Crippen LogP contribution in [0.25, 0.3) is 6.08 Å². The maximum absolute atomic E-state index is 5.78. The van der Waals surface area contributed by atoms with Gasteiger partial charge in [-0.25, -0.2) is 4.99 Å². The second-order valence-corrected chi connectivity index (χ2v) is 6.48. The van der Waals surface area contributed by atoms with E-state index in [9.17, 15) is 0 Å². The molecule has 1 aliphatic heterocycles. The van der Waals surface area contributed by atoms with E-state index in [1.807, 2.05) is 37.4 Å². The third kappa shape index (κ3) is 4.11. The van der Waals surface area contributed by atoms with E-state index in [0.717, 1.165) is 41.4 Å². The zero-order chi connectivity index (χ0) is 18.5. The van der Waals surface area contributed by atoms with E-state index in [1.54, 1.807) is 0 Å². The first-order valence-electron chi connectivity index (χ1n) is 9.32. The number of aromatic nitrogens is 2. The summed E-state index contributed by atoms with van der Waals surface area (Å²) in [6.45, 7) is 2.60. The lowest BCUT2D eigenvalue weighted by Crippen LogP contribution is -1.94. The van der Waals surface area contributed by atoms with Gasteiger partial charge in [-0.05, 0) is 55.7 Å². The average molecular weight is 357 g/mol. The Kier molecular flexibility index (Phi) is 5.06. The van der Waals surface area contributed by atoms with Gasteiger partial charge in [0.15, 0.2) is 0 Å². The van der Waals surface area contributed by atoms with Crippen molar-refractivity contribution in [3.05, 3.63) is 101 Å². The molecule has 0 atom stereocenters. The number of allylic oxidation sites excluding steroid dienone is 1. The van der Waals surface area contributed by atoms with Crippen LogP contribution in [0.1, 0.15) is 29.6 Å². The van der Waals surface area contributed by atoms with Gasteiger partial charge in [-0.2, -0.15) is 0 Å². The number of ether oxygens (including phenoxy) is 1. The predicted octanol–water partition coefficient (Wildman–Crippen LogP) is 4.89. The Morgan fingerprint density at radius 1 is 1.00 bits per heavy atom. The van der Waals surface area contributed by atoms with E-state index in [0.29, 0.717) is 6.61 Å². The van der Waals surface area contributed by atoms with Crippen LogP contribution in [0.5, 0.6) is 0 Å². The van der Waals surface area contributed by atoms with Crippen LogP contribution < -0.4 is 0 Å². The molecule has 2 aromatic heterocycles. The second-order valence-electron chi connectivity index (χ2n) is 6.48. The van der Waals surface area contributed by atoms with Gasteiger partial charge in [-0.3, -0.25) is 0 Å². The summed E-state index contributed by atoms with van der Waals surface area (Å²) >= 11 is 0. The van der Waals surface area contributed by atoms with E-state index < -0.39 is 0 Å². The van der Waals surface area contributed by atoms with Gasteiger partial charge in [-0.15, -0.1) is 0 Å². The lowest BCUT2D eigenvalue weighted by atomic mass is 10.1. The van der Waals surface area contributed by atoms with Crippen molar-refractivity contribution in [1.82, 2.24) is 9.97 Å². The third-order valence-electron chi connectivity index (χ3n) is 4.52. The number of rotatable bonds is 7. The van der Waals surface area contributed by atoms with Gasteiger partial charge in [0.05, 0.1) is 18.0 Å². The fourth-order valence-electron chi connectivity index (χ4n) is 3.18. The van der Waals surface area contributed by atoms with Crippen LogP contribution in [-0.2, 0) is 17.6 Å². The van der Waals surface area contributed by atoms with Crippen molar-refractivity contribution in [1.29, 1.82) is 0 Å². The Hall–Kier alpha value is -3.27. The maximum atomic E-state index is 5.78. The number of nitrogens with one attached hydrogen (secondary N) is 2. The summed E-state index contributed by atoms with van der Waals surface area (Å²) in [4.78, 5) is 11.4. The molecule has 4 nitrogen and oxygen atoms in total. The molecule has 0 radical (unpaired) electrons. The summed E-state index contributed by atoms with van der Waals surface area (Å²) in [6, 6.07) is 18.8. The number of aryl methyl sites for hydroxylation is 2. The predicted molar refractivity (Wildman–Crippen MR) is 110 cm³/mol. The molecule has 0 amide bonds. The Bertz CT molecular complexity index is 976. The molecule has 1 aliphatic rings. The van der Waals surface area contributed by atoms with Crippen molar-refractivity contribution < 1.29 is 4.74 Å². The molecule has 1 aromatic carbocycles. The number of aromatic amines is 2. The topological polar surface area (TPSA) is 53.2 Å². The van der Waals surface area contributed by atoms with Gasteiger partial charge in [0.1, 0.15) is 11.5 Å². The zero-order valence-electron chi connectivity index (χ0n) is 15.4. The molecular formula is C23H23N3O. The largest absolute Gasteiger partial charge is 0.492 e. The molecule has 0 saturated heterocycles. The normalized spacial score (nSPS) is 15.1. The molecule has 3 aromatic rings. The van der Waals surface area contributed by atoms with Crippen LogP contribution in [0.4, 0.5) is 0 Å². The number of benzene rings is 1. The van der Waals surface area contributed by atoms with E-state index in [4.69, 9.17) is 9.73 Å². The van der Waals surface area contributed by atoms with Gasteiger partial charge in [-0.1, -0.05) is 30.3 Å². The van der Waals surface area contributed by atoms with Crippen LogP contribution in [0.15, 0.2) is 83.3 Å². The summed E-state index contributed by atoms with van der Waals surface area (Å²) in [5.41, 5.74) is 6.34. The van der Waals surface area contributed by atoms with Gasteiger partial charge < -0.3 is 14.7 Å². The number of hydrogen-bond donors (Lipinski definition) is 2. The highest BCUT2D eigenvalue weighted by Crippen LogP contribution is 2.25. The van der Waals surface area contributed by atoms with Crippen molar-refractivity contribution in [2.24, 2.45) is 4.99 Å². The summed E-state index contributed by atoms with van der Waals surface area (Å²) in [6.07, 6.45) is 7.94. The smallest absolute Gasteiger partial charge is 0.147 e. The van der Waals surface area contributed by atoms with Crippen LogP contribution in [0.3, 0.4) is 0 Å². The summed E-state index contributed by atoms with van der Waals surface area (Å²) < 4.78 is 5.78. The maximum Gasteiger partial charge on any atom is 0.147 e. The molecule has 0 aliphatic carbocycles. The Morgan fingerprint density at radius 3 is 2.67 bits per heavy atom. The summed E-state index contributed by atoms with van der Waals surface area (Å²) in [5.74, 6) is 0.808. The molecule has 0 saturated carbocycles. The van der Waals surface area contributed by atoms with Crippen molar-refractivity contribution in [2.45, 2.75) is 19.8 Å². The average Bonchev–Trinajstić information content (AvgIpc) is 3.43. The SMILES string of the molecule is CCOC1=CC(c2ccc[nH]2)=NC1=Cc1ccc(CCc2ccccc2)[nH]1. The first-order valence-corrected chi connectivity index (χ1v) is 9.32. The highest BCUT2D eigenvalue weighted by Gasteiger charge is 2.17. The molecule has 4 rings (SSSR count). The lowest BCUT2D eigenvalue weighted by Gasteiger charge is -2.04. The van der Waals surface area contributed by atoms with Crippen LogP contribution in [-0.4, -0.2) is 22.3 Å². The second kappa shape index (κ2) is 7.96. The quantitative estimate of drug-likeness (QED) is 0.621. The number of hydrogen-bond acceptors (Lipinski definition) is 2. The molecule has 4 heteroatoms. The zero-order valence-corrected chi connectivity index (χ0v) is 15.4. The fraction of sp³-hybridized carbons (Fsp3) is 0.174. The minimum atomic E-state index is 0.615. The van der Waals surface area contributed by atoms with Crippen molar-refractivity contribution in [3.63, 3.8) is 0 Å². The van der Waals surface area contributed by atoms with Gasteiger partial charge in [0, 0.05) is 23.7 Å². The van der Waals surface area contributed by atoms with Crippen molar-refractivity contribution >= 4 is 11.8 Å². The minimum Gasteiger partial charge on any atom is -0.492 e. The molecule has 3 heterocycles. The molecular weight excluding hydrogens is 334 g/mol. The van der Waals surface area contributed by atoms with Crippen molar-refractivity contribution in [2.75, 3.05) is 6.61 Å². The summed E-state index contributed by atoms with van der Waals surface area (Å²) in [7, 11) is 0. The molecule has 0 spiro atoms. The highest BCUT2D eigenvalue weighted by molar-refractivity contribution is 6.11. The van der Waals surface area contributed by atoms with Gasteiger partial charge in [0.25, 0.3) is 0 Å². The Balaban J connectivity index is 1.50. The van der Waals surface area contributed by atoms with E-state index >= 15 is 0 Å². The standard InChI is InChI=1S/C23H23N3O/c1-2-27-23-16-21(20-9-6-14-24-20)26-22(23)15-19-13-12-18(25-19)11-10-17-7-4-3-5-8-17/h3-9,12-16,24-25H,2,10-11H2,1H3. The summed E-state index contributed by atoms with van der Waals surface area (Å²) in [5, 5.41) is 0. The number of nitrogens with zero attached hydrogens (tertiary/aromatic N) is 1. The first-order chi connectivity index (χ1) is 13.3. The van der Waals surface area contributed by atoms with E-state index in [1.165, 1.54) is 11.3 Å². The van der Waals surface area contributed by atoms with Crippen LogP contribution in [0.2, 0.25) is 0 Å². The number of aliphatic imine (C=N–C) groups is 1. The van der Waals surface area contributed by atoms with E-state index in [2.05, 4.69) is 52.4 Å². The fourth-order valence-corrected chi connectivity index (χ4v) is 3.18. The third-order valence-corrected chi connectivity index (χ3v) is 4.52. The molecule has 136 valence electrons. The number of H-pyrrole nitrogens is 2. The van der Waals surface area contributed by atoms with Crippen molar-refractivity contribution in [3.8, 4) is 0 Å². The monoisotopic (exact) mass is 357 g/mol. The Morgan fingerprint density at radius 2 is 1.89 bits per heavy atom. The van der Waals surface area contributed by atoms with Gasteiger partial charge >= 0.3 is 0 Å². The molecule has 0 fully saturated rings. The van der Waals surface area contributed by atoms with Gasteiger partial charge in [0.2, 0.25) is 0 Å². The Labute approximate surface area is 159 Å². The lowest BCUT2D eigenvalue weighted by molar-refractivity contribution is 0.239. The van der Waals surface area contributed by atoms with E-state index in [-0.39, 0.29) is 0 Å². The molecule has 2 N–H and O–H groups in total. The van der Waals surface area contributed by atoms with Crippen LogP contribution >= 0.6 is 0 Å². The molecule has 0 bridgehead atoms. The molecule has 0 unspecified atom stereocenters. The minimum absolute atomic E-state index is 0.615. The molecule has 27 heavy (non-hydrogen) atoms.